The fourth-order valence-corrected chi connectivity index (χ4v) is 2.09. The Labute approximate surface area is 142 Å². The second-order valence-corrected chi connectivity index (χ2v) is 5.58. The molecule has 0 fully saturated rings. The molecule has 0 heterocycles. The van der Waals surface area contributed by atoms with Crippen LogP contribution in [-0.2, 0) is 9.53 Å². The molecule has 7 heteroatoms. The average molecular weight is 351 g/mol. The zero-order valence-corrected chi connectivity index (χ0v) is 13.8. The monoisotopic (exact) mass is 351 g/mol. The normalized spacial score (nSPS) is 11.8. The largest absolute Gasteiger partial charge is 0.449 e. The Kier molecular flexibility index (Phi) is 5.46. The van der Waals surface area contributed by atoms with E-state index in [9.17, 15) is 22.8 Å². The number of hydrogen-bond donors (Lipinski definition) is 1. The van der Waals surface area contributed by atoms with Crippen LogP contribution >= 0.6 is 0 Å². The molecular formula is C18H16F3NO3. The van der Waals surface area contributed by atoms with Crippen molar-refractivity contribution in [3.05, 3.63) is 64.5 Å². The van der Waals surface area contributed by atoms with Gasteiger partial charge in [0.2, 0.25) is 0 Å². The standard InChI is InChI=1S/C18H16F3NO3/c1-9-4-5-10(2)12(8-9)18(24)25-11(3)17(23)22-14-7-6-13(19)15(20)16(14)21/h4-8,11H,1-3H3,(H,22,23)/t11-/m1/s1. The molecule has 1 amide bonds. The number of benzene rings is 2. The van der Waals surface area contributed by atoms with Crippen LogP contribution in [0.25, 0.3) is 0 Å². The van der Waals surface area contributed by atoms with E-state index in [1.54, 1.807) is 26.0 Å². The lowest BCUT2D eigenvalue weighted by Crippen LogP contribution is -2.30. The van der Waals surface area contributed by atoms with Crippen LogP contribution in [0.4, 0.5) is 18.9 Å². The lowest BCUT2D eigenvalue weighted by Gasteiger charge is -2.15. The number of carbonyl (C=O) groups excluding carboxylic acids is 2. The number of nitrogens with one attached hydrogen (secondary N) is 1. The van der Waals surface area contributed by atoms with Crippen molar-refractivity contribution in [3.63, 3.8) is 0 Å². The van der Waals surface area contributed by atoms with Gasteiger partial charge >= 0.3 is 5.97 Å². The first kappa shape index (κ1) is 18.5. The molecule has 0 bridgehead atoms. The van der Waals surface area contributed by atoms with Crippen molar-refractivity contribution in [2.75, 3.05) is 5.32 Å². The molecule has 0 radical (unpaired) electrons. The van der Waals surface area contributed by atoms with Crippen LogP contribution in [0.2, 0.25) is 0 Å². The lowest BCUT2D eigenvalue weighted by molar-refractivity contribution is -0.123. The molecule has 0 saturated carbocycles. The Morgan fingerprint density at radius 1 is 1.04 bits per heavy atom. The highest BCUT2D eigenvalue weighted by Gasteiger charge is 2.22. The van der Waals surface area contributed by atoms with Gasteiger partial charge in [0, 0.05) is 0 Å². The Bertz CT molecular complexity index is 837. The highest BCUT2D eigenvalue weighted by molar-refractivity contribution is 5.97. The topological polar surface area (TPSA) is 55.4 Å². The summed E-state index contributed by atoms with van der Waals surface area (Å²) >= 11 is 0. The van der Waals surface area contributed by atoms with Gasteiger partial charge in [0.05, 0.1) is 11.3 Å². The van der Waals surface area contributed by atoms with Gasteiger partial charge in [-0.1, -0.05) is 17.7 Å². The number of hydrogen-bond acceptors (Lipinski definition) is 3. The maximum atomic E-state index is 13.6. The van der Waals surface area contributed by atoms with Crippen molar-refractivity contribution in [3.8, 4) is 0 Å². The molecule has 4 nitrogen and oxygen atoms in total. The summed E-state index contributed by atoms with van der Waals surface area (Å²) in [5.41, 5.74) is 1.28. The van der Waals surface area contributed by atoms with Crippen LogP contribution in [0.1, 0.15) is 28.4 Å². The van der Waals surface area contributed by atoms with Crippen molar-refractivity contribution in [1.29, 1.82) is 0 Å². The maximum Gasteiger partial charge on any atom is 0.339 e. The van der Waals surface area contributed by atoms with Crippen LogP contribution in [0, 0.1) is 31.3 Å². The van der Waals surface area contributed by atoms with Crippen LogP contribution in [0.3, 0.4) is 0 Å². The number of aryl methyl sites for hydroxylation is 2. The number of amides is 1. The molecular weight excluding hydrogens is 335 g/mol. The average Bonchev–Trinajstić information content (AvgIpc) is 2.57. The molecule has 0 aliphatic rings. The molecule has 25 heavy (non-hydrogen) atoms. The summed E-state index contributed by atoms with van der Waals surface area (Å²) < 4.78 is 44.7. The zero-order valence-electron chi connectivity index (χ0n) is 13.8. The van der Waals surface area contributed by atoms with Gasteiger partial charge in [0.1, 0.15) is 0 Å². The third-order valence-corrected chi connectivity index (χ3v) is 3.56. The molecule has 0 aromatic heterocycles. The Balaban J connectivity index is 2.09. The van der Waals surface area contributed by atoms with E-state index in [-0.39, 0.29) is 0 Å². The quantitative estimate of drug-likeness (QED) is 0.671. The third-order valence-electron chi connectivity index (χ3n) is 3.56. The highest BCUT2D eigenvalue weighted by Crippen LogP contribution is 2.20. The Morgan fingerprint density at radius 3 is 2.40 bits per heavy atom. The number of carbonyl (C=O) groups is 2. The fraction of sp³-hybridized carbons (Fsp3) is 0.222. The SMILES string of the molecule is Cc1ccc(C)c(C(=O)O[C@H](C)C(=O)Nc2ccc(F)c(F)c2F)c1. The van der Waals surface area contributed by atoms with Gasteiger partial charge in [-0.2, -0.15) is 0 Å². The molecule has 1 N–H and O–H groups in total. The van der Waals surface area contributed by atoms with E-state index in [0.717, 1.165) is 11.6 Å². The summed E-state index contributed by atoms with van der Waals surface area (Å²) in [5.74, 6) is -6.18. The molecule has 2 aromatic carbocycles. The van der Waals surface area contributed by atoms with Crippen molar-refractivity contribution in [2.24, 2.45) is 0 Å². The van der Waals surface area contributed by atoms with E-state index in [2.05, 4.69) is 5.32 Å². The van der Waals surface area contributed by atoms with E-state index < -0.39 is 41.1 Å². The van der Waals surface area contributed by atoms with Crippen LogP contribution < -0.4 is 5.32 Å². The van der Waals surface area contributed by atoms with Crippen molar-refractivity contribution in [2.45, 2.75) is 26.9 Å². The number of ether oxygens (including phenoxy) is 1. The van der Waals surface area contributed by atoms with Gasteiger partial charge in [-0.3, -0.25) is 4.79 Å². The predicted octanol–water partition coefficient (Wildman–Crippen LogP) is 3.90. The van der Waals surface area contributed by atoms with Gasteiger partial charge in [-0.15, -0.1) is 0 Å². The van der Waals surface area contributed by atoms with E-state index in [0.29, 0.717) is 17.2 Å². The number of rotatable bonds is 4. The molecule has 132 valence electrons. The minimum atomic E-state index is -1.70. The number of anilines is 1. The first-order valence-corrected chi connectivity index (χ1v) is 7.43. The molecule has 2 rings (SSSR count). The van der Waals surface area contributed by atoms with Gasteiger partial charge in [0.25, 0.3) is 5.91 Å². The van der Waals surface area contributed by atoms with E-state index in [4.69, 9.17) is 4.74 Å². The van der Waals surface area contributed by atoms with E-state index >= 15 is 0 Å². The molecule has 2 aromatic rings. The summed E-state index contributed by atoms with van der Waals surface area (Å²) in [4.78, 5) is 24.2. The third kappa shape index (κ3) is 4.17. The van der Waals surface area contributed by atoms with Crippen molar-refractivity contribution in [1.82, 2.24) is 0 Å². The van der Waals surface area contributed by atoms with Gasteiger partial charge in [0.15, 0.2) is 23.6 Å². The zero-order chi connectivity index (χ0) is 18.7. The fourth-order valence-electron chi connectivity index (χ4n) is 2.09. The molecule has 0 unspecified atom stereocenters. The van der Waals surface area contributed by atoms with Gasteiger partial charge in [-0.25, -0.2) is 18.0 Å². The maximum absolute atomic E-state index is 13.6. The first-order valence-electron chi connectivity index (χ1n) is 7.43. The molecule has 0 saturated heterocycles. The van der Waals surface area contributed by atoms with Gasteiger partial charge in [-0.05, 0) is 44.5 Å². The Morgan fingerprint density at radius 2 is 1.72 bits per heavy atom. The summed E-state index contributed by atoms with van der Waals surface area (Å²) in [5, 5.41) is 2.06. The van der Waals surface area contributed by atoms with Gasteiger partial charge < -0.3 is 10.1 Å². The minimum Gasteiger partial charge on any atom is -0.449 e. The second kappa shape index (κ2) is 7.38. The Hall–Kier alpha value is -2.83. The van der Waals surface area contributed by atoms with Crippen molar-refractivity contribution >= 4 is 17.6 Å². The van der Waals surface area contributed by atoms with E-state index in [1.165, 1.54) is 6.92 Å². The predicted molar refractivity (Wildman–Crippen MR) is 85.7 cm³/mol. The number of esters is 1. The smallest absolute Gasteiger partial charge is 0.339 e. The molecule has 1 atom stereocenters. The second-order valence-electron chi connectivity index (χ2n) is 5.58. The molecule has 0 aliphatic carbocycles. The molecule has 0 aliphatic heterocycles. The lowest BCUT2D eigenvalue weighted by atomic mass is 10.1. The summed E-state index contributed by atoms with van der Waals surface area (Å²) in [6.45, 7) is 4.81. The van der Waals surface area contributed by atoms with Crippen LogP contribution in [-0.4, -0.2) is 18.0 Å². The van der Waals surface area contributed by atoms with E-state index in [1.807, 2.05) is 6.07 Å². The number of halogens is 3. The minimum absolute atomic E-state index is 0.304. The van der Waals surface area contributed by atoms with Crippen LogP contribution in [0.5, 0.6) is 0 Å². The highest BCUT2D eigenvalue weighted by atomic mass is 19.2. The summed E-state index contributed by atoms with van der Waals surface area (Å²) in [6, 6.07) is 6.75. The summed E-state index contributed by atoms with van der Waals surface area (Å²) in [7, 11) is 0. The summed E-state index contributed by atoms with van der Waals surface area (Å²) in [6.07, 6.45) is -1.26. The molecule has 0 spiro atoms. The van der Waals surface area contributed by atoms with Crippen LogP contribution in [0.15, 0.2) is 30.3 Å². The first-order chi connectivity index (χ1) is 11.7. The van der Waals surface area contributed by atoms with Crippen molar-refractivity contribution < 1.29 is 27.5 Å².